The quantitative estimate of drug-likeness (QED) is 0.690. The Balaban J connectivity index is 2.42. The van der Waals surface area contributed by atoms with E-state index < -0.39 is 0 Å². The molecule has 0 aliphatic heterocycles. The summed E-state index contributed by atoms with van der Waals surface area (Å²) in [5, 5.41) is 0. The second kappa shape index (κ2) is 6.88. The maximum absolute atomic E-state index is 5.04. The highest BCUT2D eigenvalue weighted by Gasteiger charge is 1.99. The van der Waals surface area contributed by atoms with Crippen molar-refractivity contribution in [1.82, 2.24) is 4.90 Å². The third-order valence-corrected chi connectivity index (χ3v) is 3.03. The minimum absolute atomic E-state index is 0.791. The molecule has 84 valence electrons. The minimum atomic E-state index is 0.791. The largest absolute Gasteiger partial charge is 0.383 e. The van der Waals surface area contributed by atoms with E-state index in [9.17, 15) is 0 Å². The molecule has 1 aromatic rings. The van der Waals surface area contributed by atoms with Crippen LogP contribution in [0.5, 0.6) is 0 Å². The molecule has 0 aliphatic rings. The SMILES string of the molecule is COCCN(C)Cc1ccc(SC)cc1. The third kappa shape index (κ3) is 4.69. The normalized spacial score (nSPS) is 10.9. The van der Waals surface area contributed by atoms with Crippen molar-refractivity contribution < 1.29 is 4.74 Å². The monoisotopic (exact) mass is 225 g/mol. The lowest BCUT2D eigenvalue weighted by atomic mass is 10.2. The minimum Gasteiger partial charge on any atom is -0.383 e. The van der Waals surface area contributed by atoms with Crippen molar-refractivity contribution in [3.63, 3.8) is 0 Å². The molecule has 0 aromatic heterocycles. The van der Waals surface area contributed by atoms with Crippen LogP contribution in [0.1, 0.15) is 5.56 Å². The van der Waals surface area contributed by atoms with E-state index in [1.54, 1.807) is 18.9 Å². The Hall–Kier alpha value is -0.510. The smallest absolute Gasteiger partial charge is 0.0589 e. The lowest BCUT2D eigenvalue weighted by Gasteiger charge is -2.16. The topological polar surface area (TPSA) is 12.5 Å². The van der Waals surface area contributed by atoms with Crippen LogP contribution in [0.2, 0.25) is 0 Å². The molecule has 0 amide bonds. The number of methoxy groups -OCH3 is 1. The molecule has 0 fully saturated rings. The first-order valence-electron chi connectivity index (χ1n) is 5.06. The fourth-order valence-electron chi connectivity index (χ4n) is 1.37. The predicted octanol–water partition coefficient (Wildman–Crippen LogP) is 2.49. The molecule has 0 saturated carbocycles. The van der Waals surface area contributed by atoms with Gasteiger partial charge in [-0.25, -0.2) is 0 Å². The van der Waals surface area contributed by atoms with E-state index in [1.807, 2.05) is 0 Å². The van der Waals surface area contributed by atoms with Crippen LogP contribution in [-0.4, -0.2) is 38.5 Å². The maximum atomic E-state index is 5.04. The summed E-state index contributed by atoms with van der Waals surface area (Å²) in [7, 11) is 3.85. The lowest BCUT2D eigenvalue weighted by Crippen LogP contribution is -2.22. The summed E-state index contributed by atoms with van der Waals surface area (Å²) in [6.45, 7) is 2.75. The summed E-state index contributed by atoms with van der Waals surface area (Å²) < 4.78 is 5.04. The summed E-state index contributed by atoms with van der Waals surface area (Å²) in [4.78, 5) is 3.58. The number of nitrogens with zero attached hydrogens (tertiary/aromatic N) is 1. The van der Waals surface area contributed by atoms with Gasteiger partial charge in [-0.1, -0.05) is 12.1 Å². The highest BCUT2D eigenvalue weighted by Crippen LogP contribution is 2.15. The first-order chi connectivity index (χ1) is 7.26. The van der Waals surface area contributed by atoms with E-state index in [4.69, 9.17) is 4.74 Å². The van der Waals surface area contributed by atoms with E-state index in [1.165, 1.54) is 10.5 Å². The Bertz CT molecular complexity index is 273. The van der Waals surface area contributed by atoms with Gasteiger partial charge in [0.05, 0.1) is 6.61 Å². The van der Waals surface area contributed by atoms with Crippen molar-refractivity contribution in [3.8, 4) is 0 Å². The Morgan fingerprint density at radius 3 is 2.47 bits per heavy atom. The Morgan fingerprint density at radius 1 is 1.27 bits per heavy atom. The van der Waals surface area contributed by atoms with E-state index >= 15 is 0 Å². The molecule has 3 heteroatoms. The number of thioether (sulfide) groups is 1. The molecule has 0 heterocycles. The van der Waals surface area contributed by atoms with Crippen LogP contribution in [0.4, 0.5) is 0 Å². The van der Waals surface area contributed by atoms with E-state index in [2.05, 4.69) is 42.5 Å². The standard InChI is InChI=1S/C12H19NOS/c1-13(8-9-14-2)10-11-4-6-12(15-3)7-5-11/h4-7H,8-10H2,1-3H3. The number of hydrogen-bond donors (Lipinski definition) is 0. The average molecular weight is 225 g/mol. The fourth-order valence-corrected chi connectivity index (χ4v) is 1.78. The van der Waals surface area contributed by atoms with Crippen molar-refractivity contribution in [2.75, 3.05) is 33.6 Å². The van der Waals surface area contributed by atoms with Crippen LogP contribution in [0.25, 0.3) is 0 Å². The molecule has 0 N–H and O–H groups in total. The Labute approximate surface area is 96.6 Å². The van der Waals surface area contributed by atoms with Crippen molar-refractivity contribution in [2.45, 2.75) is 11.4 Å². The predicted molar refractivity (Wildman–Crippen MR) is 66.4 cm³/mol. The second-order valence-corrected chi connectivity index (χ2v) is 4.46. The summed E-state index contributed by atoms with van der Waals surface area (Å²) in [6, 6.07) is 8.72. The zero-order chi connectivity index (χ0) is 11.1. The second-order valence-electron chi connectivity index (χ2n) is 3.58. The number of hydrogen-bond acceptors (Lipinski definition) is 3. The number of rotatable bonds is 6. The summed E-state index contributed by atoms with van der Waals surface area (Å²) in [6.07, 6.45) is 2.10. The van der Waals surface area contributed by atoms with Gasteiger partial charge in [0, 0.05) is 25.1 Å². The van der Waals surface area contributed by atoms with Gasteiger partial charge in [0.25, 0.3) is 0 Å². The number of likely N-dealkylation sites (N-methyl/N-ethyl adjacent to an activating group) is 1. The molecule has 0 atom stereocenters. The van der Waals surface area contributed by atoms with E-state index in [-0.39, 0.29) is 0 Å². The molecular formula is C12H19NOS. The zero-order valence-electron chi connectivity index (χ0n) is 9.69. The van der Waals surface area contributed by atoms with Crippen molar-refractivity contribution in [2.24, 2.45) is 0 Å². The number of benzene rings is 1. The molecule has 15 heavy (non-hydrogen) atoms. The van der Waals surface area contributed by atoms with Gasteiger partial charge in [0.15, 0.2) is 0 Å². The van der Waals surface area contributed by atoms with Gasteiger partial charge in [-0.2, -0.15) is 0 Å². The Kier molecular flexibility index (Phi) is 5.76. The van der Waals surface area contributed by atoms with Gasteiger partial charge in [-0.05, 0) is 31.0 Å². The summed E-state index contributed by atoms with van der Waals surface area (Å²) >= 11 is 1.78. The van der Waals surface area contributed by atoms with Crippen LogP contribution in [0.3, 0.4) is 0 Å². The van der Waals surface area contributed by atoms with Crippen LogP contribution in [0, 0.1) is 0 Å². The van der Waals surface area contributed by atoms with Crippen LogP contribution >= 0.6 is 11.8 Å². The molecule has 0 saturated heterocycles. The Morgan fingerprint density at radius 2 is 1.93 bits per heavy atom. The zero-order valence-corrected chi connectivity index (χ0v) is 10.5. The van der Waals surface area contributed by atoms with Crippen LogP contribution in [-0.2, 0) is 11.3 Å². The van der Waals surface area contributed by atoms with Crippen LogP contribution in [0.15, 0.2) is 29.2 Å². The van der Waals surface area contributed by atoms with Gasteiger partial charge < -0.3 is 4.74 Å². The van der Waals surface area contributed by atoms with E-state index in [0.717, 1.165) is 19.7 Å². The van der Waals surface area contributed by atoms with Gasteiger partial charge >= 0.3 is 0 Å². The first-order valence-corrected chi connectivity index (χ1v) is 6.29. The average Bonchev–Trinajstić information content (AvgIpc) is 2.27. The highest BCUT2D eigenvalue weighted by molar-refractivity contribution is 7.98. The molecule has 0 aliphatic carbocycles. The van der Waals surface area contributed by atoms with Crippen molar-refractivity contribution >= 4 is 11.8 Å². The summed E-state index contributed by atoms with van der Waals surface area (Å²) in [5.74, 6) is 0. The summed E-state index contributed by atoms with van der Waals surface area (Å²) in [5.41, 5.74) is 1.35. The number of ether oxygens (including phenoxy) is 1. The fraction of sp³-hybridized carbons (Fsp3) is 0.500. The van der Waals surface area contributed by atoms with Gasteiger partial charge in [-0.15, -0.1) is 11.8 Å². The molecule has 2 nitrogen and oxygen atoms in total. The van der Waals surface area contributed by atoms with Gasteiger partial charge in [0.1, 0.15) is 0 Å². The first kappa shape index (κ1) is 12.6. The molecule has 0 unspecified atom stereocenters. The molecule has 1 aromatic carbocycles. The molecular weight excluding hydrogens is 206 g/mol. The maximum Gasteiger partial charge on any atom is 0.0589 e. The van der Waals surface area contributed by atoms with Crippen molar-refractivity contribution in [1.29, 1.82) is 0 Å². The molecule has 0 spiro atoms. The van der Waals surface area contributed by atoms with Crippen molar-refractivity contribution in [3.05, 3.63) is 29.8 Å². The highest BCUT2D eigenvalue weighted by atomic mass is 32.2. The van der Waals surface area contributed by atoms with Crippen LogP contribution < -0.4 is 0 Å². The third-order valence-electron chi connectivity index (χ3n) is 2.29. The van der Waals surface area contributed by atoms with E-state index in [0.29, 0.717) is 0 Å². The van der Waals surface area contributed by atoms with Gasteiger partial charge in [-0.3, -0.25) is 4.90 Å². The van der Waals surface area contributed by atoms with Gasteiger partial charge in [0.2, 0.25) is 0 Å². The molecule has 0 bridgehead atoms. The molecule has 1 rings (SSSR count). The molecule has 0 radical (unpaired) electrons. The lowest BCUT2D eigenvalue weighted by molar-refractivity contribution is 0.158.